The van der Waals surface area contributed by atoms with Gasteiger partial charge in [-0.25, -0.2) is 4.39 Å². The van der Waals surface area contributed by atoms with Crippen molar-refractivity contribution in [3.05, 3.63) is 35.6 Å². The Labute approximate surface area is 78.8 Å². The van der Waals surface area contributed by atoms with Crippen LogP contribution in [0.15, 0.2) is 24.3 Å². The predicted octanol–water partition coefficient (Wildman–Crippen LogP) is 3.17. The molecule has 1 aromatic carbocycles. The van der Waals surface area contributed by atoms with Gasteiger partial charge in [-0.2, -0.15) is 0 Å². The van der Waals surface area contributed by atoms with E-state index in [2.05, 4.69) is 5.92 Å². The van der Waals surface area contributed by atoms with Gasteiger partial charge in [0.2, 0.25) is 0 Å². The average Bonchev–Trinajstić information content (AvgIpc) is 2.15. The van der Waals surface area contributed by atoms with E-state index in [1.165, 1.54) is 17.7 Å². The number of unbranched alkanes of at least 4 members (excludes halogenated alkanes) is 2. The molecule has 68 valence electrons. The predicted molar refractivity (Wildman–Crippen MR) is 52.8 cm³/mol. The second-order valence-corrected chi connectivity index (χ2v) is 3.04. The van der Waals surface area contributed by atoms with Crippen molar-refractivity contribution in [3.63, 3.8) is 0 Å². The second-order valence-electron chi connectivity index (χ2n) is 3.04. The zero-order valence-electron chi connectivity index (χ0n) is 7.59. The summed E-state index contributed by atoms with van der Waals surface area (Å²) in [4.78, 5) is 0. The number of hydrogen-bond donors (Lipinski definition) is 0. The number of rotatable bonds is 4. The van der Waals surface area contributed by atoms with E-state index in [0.29, 0.717) is 0 Å². The van der Waals surface area contributed by atoms with Crippen LogP contribution in [-0.4, -0.2) is 0 Å². The van der Waals surface area contributed by atoms with Crippen LogP contribution < -0.4 is 0 Å². The molecule has 0 heterocycles. The minimum absolute atomic E-state index is 0.174. The van der Waals surface area contributed by atoms with Gasteiger partial charge in [0, 0.05) is 6.42 Å². The minimum Gasteiger partial charge on any atom is -0.207 e. The van der Waals surface area contributed by atoms with Gasteiger partial charge in [-0.3, -0.25) is 0 Å². The first kappa shape index (κ1) is 9.80. The normalized spacial score (nSPS) is 9.54. The van der Waals surface area contributed by atoms with E-state index < -0.39 is 0 Å². The molecule has 0 nitrogen and oxygen atoms in total. The second kappa shape index (κ2) is 5.37. The summed E-state index contributed by atoms with van der Waals surface area (Å²) >= 11 is 0. The lowest BCUT2D eigenvalue weighted by molar-refractivity contribution is 0.626. The van der Waals surface area contributed by atoms with Crippen LogP contribution in [-0.2, 0) is 6.42 Å². The van der Waals surface area contributed by atoms with Crippen LogP contribution in [0.2, 0.25) is 0 Å². The van der Waals surface area contributed by atoms with Gasteiger partial charge in [-0.15, -0.1) is 12.3 Å². The zero-order chi connectivity index (χ0) is 9.52. The van der Waals surface area contributed by atoms with Gasteiger partial charge in [-0.05, 0) is 37.0 Å². The average molecular weight is 176 g/mol. The number of benzene rings is 1. The van der Waals surface area contributed by atoms with Gasteiger partial charge < -0.3 is 0 Å². The van der Waals surface area contributed by atoms with Crippen molar-refractivity contribution >= 4 is 0 Å². The molecule has 0 unspecified atom stereocenters. The summed E-state index contributed by atoms with van der Waals surface area (Å²) in [7, 11) is 0. The van der Waals surface area contributed by atoms with Crippen molar-refractivity contribution in [2.75, 3.05) is 0 Å². The maximum absolute atomic E-state index is 12.5. The van der Waals surface area contributed by atoms with E-state index in [4.69, 9.17) is 6.42 Å². The van der Waals surface area contributed by atoms with E-state index >= 15 is 0 Å². The fraction of sp³-hybridized carbons (Fsp3) is 0.333. The van der Waals surface area contributed by atoms with E-state index in [1.54, 1.807) is 0 Å². The van der Waals surface area contributed by atoms with Gasteiger partial charge >= 0.3 is 0 Å². The number of terminal acetylenes is 1. The van der Waals surface area contributed by atoms with Crippen LogP contribution >= 0.6 is 0 Å². The third kappa shape index (κ3) is 3.75. The van der Waals surface area contributed by atoms with E-state index in [9.17, 15) is 4.39 Å². The minimum atomic E-state index is -0.174. The number of hydrogen-bond acceptors (Lipinski definition) is 0. The molecule has 0 fully saturated rings. The highest BCUT2D eigenvalue weighted by Gasteiger charge is 1.93. The van der Waals surface area contributed by atoms with Crippen molar-refractivity contribution in [2.45, 2.75) is 25.7 Å². The first-order valence-electron chi connectivity index (χ1n) is 4.51. The molecular weight excluding hydrogens is 163 g/mol. The lowest BCUT2D eigenvalue weighted by Gasteiger charge is -1.99. The lowest BCUT2D eigenvalue weighted by atomic mass is 10.1. The topological polar surface area (TPSA) is 0 Å². The largest absolute Gasteiger partial charge is 0.207 e. The molecule has 0 saturated heterocycles. The Morgan fingerprint density at radius 1 is 1.15 bits per heavy atom. The first-order valence-corrected chi connectivity index (χ1v) is 4.51. The molecule has 1 rings (SSSR count). The van der Waals surface area contributed by atoms with Gasteiger partial charge in [0.05, 0.1) is 0 Å². The highest BCUT2D eigenvalue weighted by Crippen LogP contribution is 2.07. The molecular formula is C12H13F. The van der Waals surface area contributed by atoms with Crippen LogP contribution in [0.1, 0.15) is 24.8 Å². The van der Waals surface area contributed by atoms with Crippen molar-refractivity contribution in [1.29, 1.82) is 0 Å². The Morgan fingerprint density at radius 2 is 1.85 bits per heavy atom. The molecule has 0 aliphatic carbocycles. The summed E-state index contributed by atoms with van der Waals surface area (Å²) in [6, 6.07) is 6.64. The molecule has 0 aliphatic rings. The molecule has 0 saturated carbocycles. The summed E-state index contributed by atoms with van der Waals surface area (Å²) in [5, 5.41) is 0. The third-order valence-corrected chi connectivity index (χ3v) is 1.95. The Balaban J connectivity index is 2.30. The SMILES string of the molecule is C#CCCCCc1ccc(F)cc1. The van der Waals surface area contributed by atoms with E-state index in [1.807, 2.05) is 12.1 Å². The lowest BCUT2D eigenvalue weighted by Crippen LogP contribution is -1.85. The van der Waals surface area contributed by atoms with Gasteiger partial charge in [0.1, 0.15) is 5.82 Å². The van der Waals surface area contributed by atoms with Crippen LogP contribution in [0.25, 0.3) is 0 Å². The molecule has 0 bridgehead atoms. The summed E-state index contributed by atoms with van der Waals surface area (Å²) in [5.41, 5.74) is 1.18. The summed E-state index contributed by atoms with van der Waals surface area (Å²) in [6.07, 6.45) is 9.08. The van der Waals surface area contributed by atoms with Crippen LogP contribution in [0.5, 0.6) is 0 Å². The Kier molecular flexibility index (Phi) is 4.05. The van der Waals surface area contributed by atoms with Gasteiger partial charge in [0.15, 0.2) is 0 Å². The molecule has 0 radical (unpaired) electrons. The third-order valence-electron chi connectivity index (χ3n) is 1.95. The Hall–Kier alpha value is -1.29. The quantitative estimate of drug-likeness (QED) is 0.488. The van der Waals surface area contributed by atoms with E-state index in [-0.39, 0.29) is 5.82 Å². The van der Waals surface area contributed by atoms with E-state index in [0.717, 1.165) is 25.7 Å². The molecule has 0 aliphatic heterocycles. The van der Waals surface area contributed by atoms with Crippen molar-refractivity contribution in [1.82, 2.24) is 0 Å². The molecule has 0 amide bonds. The standard InChI is InChI=1S/C12H13F/c1-2-3-4-5-6-11-7-9-12(13)10-8-11/h1,7-10H,3-6H2. The van der Waals surface area contributed by atoms with Crippen LogP contribution in [0, 0.1) is 18.2 Å². The van der Waals surface area contributed by atoms with Crippen molar-refractivity contribution in [2.24, 2.45) is 0 Å². The highest BCUT2D eigenvalue weighted by atomic mass is 19.1. The molecule has 0 atom stereocenters. The summed E-state index contributed by atoms with van der Waals surface area (Å²) in [5.74, 6) is 2.43. The first-order chi connectivity index (χ1) is 6.33. The molecule has 0 aromatic heterocycles. The number of halogens is 1. The molecule has 13 heavy (non-hydrogen) atoms. The molecule has 1 aromatic rings. The summed E-state index contributed by atoms with van der Waals surface area (Å²) in [6.45, 7) is 0. The number of aryl methyl sites for hydroxylation is 1. The van der Waals surface area contributed by atoms with Crippen LogP contribution in [0.3, 0.4) is 0 Å². The van der Waals surface area contributed by atoms with Gasteiger partial charge in [0.25, 0.3) is 0 Å². The fourth-order valence-corrected chi connectivity index (χ4v) is 1.21. The monoisotopic (exact) mass is 176 g/mol. The molecule has 0 N–H and O–H groups in total. The zero-order valence-corrected chi connectivity index (χ0v) is 7.59. The highest BCUT2D eigenvalue weighted by molar-refractivity contribution is 5.15. The van der Waals surface area contributed by atoms with Crippen molar-refractivity contribution in [3.8, 4) is 12.3 Å². The maximum atomic E-state index is 12.5. The Morgan fingerprint density at radius 3 is 2.46 bits per heavy atom. The maximum Gasteiger partial charge on any atom is 0.123 e. The molecule has 0 spiro atoms. The Bertz CT molecular complexity index is 279. The molecule has 1 heteroatoms. The van der Waals surface area contributed by atoms with Crippen molar-refractivity contribution < 1.29 is 4.39 Å². The van der Waals surface area contributed by atoms with Crippen LogP contribution in [0.4, 0.5) is 4.39 Å². The van der Waals surface area contributed by atoms with Gasteiger partial charge in [-0.1, -0.05) is 12.1 Å². The fourth-order valence-electron chi connectivity index (χ4n) is 1.21. The smallest absolute Gasteiger partial charge is 0.123 e. The summed E-state index contributed by atoms with van der Waals surface area (Å²) < 4.78 is 12.5.